The Kier molecular flexibility index (Phi) is 7.93. The maximum absolute atomic E-state index is 14.3. The molecule has 3 aromatic rings. The van der Waals surface area contributed by atoms with Crippen LogP contribution in [0.25, 0.3) is 0 Å². The van der Waals surface area contributed by atoms with E-state index in [1.807, 2.05) is 0 Å². The van der Waals surface area contributed by atoms with E-state index in [1.54, 1.807) is 24.3 Å². The Hall–Kier alpha value is -4.06. The second-order valence-corrected chi connectivity index (χ2v) is 10.7. The lowest BCUT2D eigenvalue weighted by atomic mass is 9.71. The van der Waals surface area contributed by atoms with Gasteiger partial charge in [-0.05, 0) is 54.7 Å². The number of hydrogen-bond donors (Lipinski definition) is 4. The summed E-state index contributed by atoms with van der Waals surface area (Å²) in [6.07, 6.45) is -1.47. The molecule has 1 fully saturated rings. The second kappa shape index (κ2) is 11.3. The zero-order valence-electron chi connectivity index (χ0n) is 21.8. The number of alkyl halides is 3. The molecule has 1 aliphatic heterocycles. The lowest BCUT2D eigenvalue weighted by Crippen LogP contribution is -2.54. The fraction of sp³-hybridized carbons (Fsp3) is 0.310. The summed E-state index contributed by atoms with van der Waals surface area (Å²) in [7, 11) is 0. The minimum atomic E-state index is -5.17. The largest absolute Gasteiger partial charge is 0.573 e. The molecule has 13 heteroatoms. The van der Waals surface area contributed by atoms with Crippen LogP contribution in [0.15, 0.2) is 54.6 Å². The van der Waals surface area contributed by atoms with Crippen molar-refractivity contribution in [3.8, 4) is 5.75 Å². The average molecular weight is 610 g/mol. The van der Waals surface area contributed by atoms with Crippen LogP contribution < -0.4 is 20.7 Å². The van der Waals surface area contributed by atoms with E-state index in [9.17, 15) is 36.6 Å². The number of nitrogens with one attached hydrogen (secondary N) is 3. The molecule has 1 atom stereocenters. The highest BCUT2D eigenvalue weighted by molar-refractivity contribution is 6.30. The number of carbonyl (C=O) groups is 2. The molecule has 0 bridgehead atoms. The number of amides is 1. The predicted molar refractivity (Wildman–Crippen MR) is 146 cm³/mol. The van der Waals surface area contributed by atoms with Crippen LogP contribution in [0.3, 0.4) is 0 Å². The van der Waals surface area contributed by atoms with Crippen molar-refractivity contribution in [2.45, 2.75) is 44.1 Å². The average Bonchev–Trinajstić information content (AvgIpc) is 3.28. The van der Waals surface area contributed by atoms with Crippen LogP contribution in [0.4, 0.5) is 39.0 Å². The van der Waals surface area contributed by atoms with Crippen molar-refractivity contribution in [1.29, 1.82) is 0 Å². The van der Waals surface area contributed by atoms with E-state index < -0.39 is 58.5 Å². The van der Waals surface area contributed by atoms with Crippen molar-refractivity contribution >= 4 is 40.5 Å². The van der Waals surface area contributed by atoms with Gasteiger partial charge < -0.3 is 25.8 Å². The minimum Gasteiger partial charge on any atom is -0.478 e. The van der Waals surface area contributed by atoms with Gasteiger partial charge in [0.2, 0.25) is 5.91 Å². The highest BCUT2D eigenvalue weighted by Gasteiger charge is 2.52. The molecule has 1 amide bonds. The van der Waals surface area contributed by atoms with Gasteiger partial charge in [-0.1, -0.05) is 43.0 Å². The fourth-order valence-electron chi connectivity index (χ4n) is 5.81. The van der Waals surface area contributed by atoms with Crippen LogP contribution >= 0.6 is 11.6 Å². The number of benzene rings is 3. The number of aromatic carboxylic acids is 1. The van der Waals surface area contributed by atoms with E-state index in [0.717, 1.165) is 43.5 Å². The van der Waals surface area contributed by atoms with Gasteiger partial charge in [0.05, 0.1) is 28.5 Å². The Labute approximate surface area is 242 Å². The molecule has 1 unspecified atom stereocenters. The maximum Gasteiger partial charge on any atom is 0.573 e. The Morgan fingerprint density at radius 2 is 1.55 bits per heavy atom. The highest BCUT2D eigenvalue weighted by Crippen LogP contribution is 2.50. The molecule has 3 aromatic carbocycles. The van der Waals surface area contributed by atoms with Crippen LogP contribution in [-0.2, 0) is 10.5 Å². The first-order valence-electron chi connectivity index (χ1n) is 13.1. The summed E-state index contributed by atoms with van der Waals surface area (Å²) >= 11 is 6.13. The quantitative estimate of drug-likeness (QED) is 0.205. The van der Waals surface area contributed by atoms with Crippen molar-refractivity contribution in [2.75, 3.05) is 16.0 Å². The molecule has 222 valence electrons. The lowest BCUT2D eigenvalue weighted by molar-refractivity contribution is -0.274. The topological polar surface area (TPSA) is 99.7 Å². The van der Waals surface area contributed by atoms with Crippen molar-refractivity contribution in [1.82, 2.24) is 0 Å². The van der Waals surface area contributed by atoms with Crippen LogP contribution in [0.2, 0.25) is 5.02 Å². The van der Waals surface area contributed by atoms with Gasteiger partial charge in [-0.2, -0.15) is 0 Å². The van der Waals surface area contributed by atoms with Crippen LogP contribution in [0, 0.1) is 23.5 Å². The summed E-state index contributed by atoms with van der Waals surface area (Å²) in [5, 5.41) is 18.6. The molecule has 1 heterocycles. The lowest BCUT2D eigenvalue weighted by Gasteiger charge is -2.43. The molecule has 7 nitrogen and oxygen atoms in total. The monoisotopic (exact) mass is 609 g/mol. The maximum atomic E-state index is 14.3. The van der Waals surface area contributed by atoms with Crippen molar-refractivity contribution in [2.24, 2.45) is 11.8 Å². The smallest absolute Gasteiger partial charge is 0.478 e. The highest BCUT2D eigenvalue weighted by atomic mass is 35.5. The Morgan fingerprint density at radius 1 is 0.952 bits per heavy atom. The SMILES string of the molecule is O=C(O)c1ccc(NC(=O)C(C2CCCCC2)C2(c3ccc(Cl)cc3)Nc3cc(F)c(F)cc3N2)c(OC(F)(F)F)c1. The first kappa shape index (κ1) is 29.4. The van der Waals surface area contributed by atoms with Gasteiger partial charge in [0, 0.05) is 17.2 Å². The molecular weight excluding hydrogens is 585 g/mol. The van der Waals surface area contributed by atoms with Gasteiger partial charge in [-0.3, -0.25) is 4.79 Å². The van der Waals surface area contributed by atoms with Gasteiger partial charge in [0.1, 0.15) is 5.66 Å². The minimum absolute atomic E-state index is 0.185. The first-order valence-corrected chi connectivity index (χ1v) is 13.5. The molecular formula is C29H25ClF5N3O4. The van der Waals surface area contributed by atoms with Gasteiger partial charge >= 0.3 is 12.3 Å². The van der Waals surface area contributed by atoms with Gasteiger partial charge in [0.15, 0.2) is 17.4 Å². The van der Waals surface area contributed by atoms with Crippen LogP contribution in [0.1, 0.15) is 48.0 Å². The summed E-state index contributed by atoms with van der Waals surface area (Å²) in [6, 6.07) is 11.1. The fourth-order valence-corrected chi connectivity index (χ4v) is 5.94. The molecule has 2 aliphatic rings. The number of rotatable bonds is 7. The zero-order valence-corrected chi connectivity index (χ0v) is 22.6. The Bertz CT molecular complexity index is 1480. The van der Waals surface area contributed by atoms with Gasteiger partial charge in [0.25, 0.3) is 0 Å². The first-order chi connectivity index (χ1) is 19.9. The van der Waals surface area contributed by atoms with Gasteiger partial charge in [-0.15, -0.1) is 13.2 Å². The number of carbonyl (C=O) groups excluding carboxylic acids is 1. The third-order valence-electron chi connectivity index (χ3n) is 7.61. The summed E-state index contributed by atoms with van der Waals surface area (Å²) < 4.78 is 72.3. The molecule has 1 aliphatic carbocycles. The number of halogens is 6. The summed E-state index contributed by atoms with van der Waals surface area (Å²) in [5.74, 6) is -6.70. The van der Waals surface area contributed by atoms with E-state index in [4.69, 9.17) is 11.6 Å². The Balaban J connectivity index is 1.62. The van der Waals surface area contributed by atoms with E-state index in [0.29, 0.717) is 29.5 Å². The molecule has 5 rings (SSSR count). The number of anilines is 3. The molecule has 4 N–H and O–H groups in total. The third-order valence-corrected chi connectivity index (χ3v) is 7.86. The summed E-state index contributed by atoms with van der Waals surface area (Å²) in [6.45, 7) is 0. The zero-order chi connectivity index (χ0) is 30.2. The number of carboxylic acid groups (broad SMARTS) is 1. The predicted octanol–water partition coefficient (Wildman–Crippen LogP) is 7.74. The normalized spacial score (nSPS) is 17.0. The number of ether oxygens (including phenoxy) is 1. The van der Waals surface area contributed by atoms with E-state index in [2.05, 4.69) is 20.7 Å². The van der Waals surface area contributed by atoms with E-state index in [1.165, 1.54) is 0 Å². The molecule has 0 spiro atoms. The van der Waals surface area contributed by atoms with Gasteiger partial charge in [-0.25, -0.2) is 13.6 Å². The number of hydrogen-bond acceptors (Lipinski definition) is 5. The number of fused-ring (bicyclic) bond motifs is 1. The second-order valence-electron chi connectivity index (χ2n) is 10.3. The molecule has 1 saturated carbocycles. The molecule has 0 saturated heterocycles. The standard InChI is InChI=1S/C29H25ClF5N3O4/c30-18-9-7-17(8-10-18)28(37-22-13-19(31)20(32)14-23(22)38-28)25(15-4-2-1-3-5-15)26(39)36-21-11-6-16(27(40)41)12-24(21)42-29(33,34)35/h6-15,25,37-38H,1-5H2,(H,36,39)(H,40,41). The van der Waals surface area contributed by atoms with Crippen LogP contribution in [0.5, 0.6) is 5.75 Å². The Morgan fingerprint density at radius 3 is 2.10 bits per heavy atom. The summed E-state index contributed by atoms with van der Waals surface area (Å²) in [4.78, 5) is 25.7. The van der Waals surface area contributed by atoms with E-state index >= 15 is 0 Å². The summed E-state index contributed by atoms with van der Waals surface area (Å²) in [5.41, 5.74) is -1.52. The third kappa shape index (κ3) is 5.94. The van der Waals surface area contributed by atoms with Crippen molar-refractivity contribution < 1.29 is 41.4 Å². The van der Waals surface area contributed by atoms with Crippen LogP contribution in [-0.4, -0.2) is 23.3 Å². The molecule has 42 heavy (non-hydrogen) atoms. The molecule has 0 radical (unpaired) electrons. The molecule has 0 aromatic heterocycles. The van der Waals surface area contributed by atoms with Crippen molar-refractivity contribution in [3.63, 3.8) is 0 Å². The number of carboxylic acids is 1. The van der Waals surface area contributed by atoms with Crippen molar-refractivity contribution in [3.05, 3.63) is 82.4 Å². The van der Waals surface area contributed by atoms with E-state index in [-0.39, 0.29) is 17.3 Å².